The second kappa shape index (κ2) is 5.66. The van der Waals surface area contributed by atoms with Crippen molar-refractivity contribution in [3.63, 3.8) is 0 Å². The number of aromatic nitrogens is 2. The molecule has 2 N–H and O–H groups in total. The van der Waals surface area contributed by atoms with Gasteiger partial charge in [-0.05, 0) is 6.42 Å². The third-order valence-corrected chi connectivity index (χ3v) is 2.18. The fourth-order valence-electron chi connectivity index (χ4n) is 1.47. The monoisotopic (exact) mass is 209 g/mol. The Morgan fingerprint density at radius 3 is 2.80 bits per heavy atom. The first-order valence-corrected chi connectivity index (χ1v) is 5.29. The molecule has 0 aliphatic heterocycles. The molecular formula is C11H19N3O. The van der Waals surface area contributed by atoms with E-state index in [2.05, 4.69) is 16.9 Å². The summed E-state index contributed by atoms with van der Waals surface area (Å²) in [5.74, 6) is 1.51. The number of nitrogens with two attached hydrogens (primary N) is 1. The molecule has 15 heavy (non-hydrogen) atoms. The molecule has 0 spiro atoms. The van der Waals surface area contributed by atoms with Crippen LogP contribution in [0.15, 0.2) is 6.07 Å². The van der Waals surface area contributed by atoms with Crippen LogP contribution in [0, 0.1) is 0 Å². The Labute approximate surface area is 90.9 Å². The standard InChI is InChI=1S/C11H19N3O/c1-4-5-9-6-10(12)14-11(13-9)8(2)7-15-3/h6,8H,4-5,7H2,1-3H3,(H2,12,13,14). The number of methoxy groups -OCH3 is 1. The lowest BCUT2D eigenvalue weighted by Gasteiger charge is -2.10. The van der Waals surface area contributed by atoms with Gasteiger partial charge in [-0.1, -0.05) is 20.3 Å². The van der Waals surface area contributed by atoms with Crippen molar-refractivity contribution in [3.05, 3.63) is 17.6 Å². The van der Waals surface area contributed by atoms with Crippen molar-refractivity contribution in [1.82, 2.24) is 9.97 Å². The van der Waals surface area contributed by atoms with Gasteiger partial charge in [-0.25, -0.2) is 9.97 Å². The zero-order valence-electron chi connectivity index (χ0n) is 9.66. The summed E-state index contributed by atoms with van der Waals surface area (Å²) in [5, 5.41) is 0. The van der Waals surface area contributed by atoms with Crippen LogP contribution in [0.1, 0.15) is 37.7 Å². The van der Waals surface area contributed by atoms with Crippen LogP contribution in [0.25, 0.3) is 0 Å². The predicted molar refractivity (Wildman–Crippen MR) is 60.7 cm³/mol. The second-order valence-corrected chi connectivity index (χ2v) is 3.75. The summed E-state index contributed by atoms with van der Waals surface area (Å²) in [4.78, 5) is 8.69. The van der Waals surface area contributed by atoms with Gasteiger partial charge in [0.15, 0.2) is 0 Å². The molecule has 1 unspecified atom stereocenters. The van der Waals surface area contributed by atoms with Gasteiger partial charge >= 0.3 is 0 Å². The van der Waals surface area contributed by atoms with Crippen LogP contribution < -0.4 is 5.73 Å². The van der Waals surface area contributed by atoms with Crippen molar-refractivity contribution < 1.29 is 4.74 Å². The van der Waals surface area contributed by atoms with E-state index >= 15 is 0 Å². The highest BCUT2D eigenvalue weighted by Crippen LogP contribution is 2.14. The van der Waals surface area contributed by atoms with E-state index in [0.29, 0.717) is 12.4 Å². The summed E-state index contributed by atoms with van der Waals surface area (Å²) >= 11 is 0. The smallest absolute Gasteiger partial charge is 0.136 e. The van der Waals surface area contributed by atoms with E-state index in [0.717, 1.165) is 24.4 Å². The van der Waals surface area contributed by atoms with Crippen molar-refractivity contribution >= 4 is 5.82 Å². The molecule has 0 saturated heterocycles. The average molecular weight is 209 g/mol. The quantitative estimate of drug-likeness (QED) is 0.802. The molecule has 4 heteroatoms. The molecule has 0 saturated carbocycles. The summed E-state index contributed by atoms with van der Waals surface area (Å²) in [5.41, 5.74) is 6.75. The van der Waals surface area contributed by atoms with Crippen LogP contribution in [0.5, 0.6) is 0 Å². The van der Waals surface area contributed by atoms with Gasteiger partial charge < -0.3 is 10.5 Å². The van der Waals surface area contributed by atoms with E-state index in [1.54, 1.807) is 7.11 Å². The van der Waals surface area contributed by atoms with Crippen LogP contribution in [0.3, 0.4) is 0 Å². The maximum atomic E-state index is 5.73. The summed E-state index contributed by atoms with van der Waals surface area (Å²) in [6, 6.07) is 1.84. The highest BCUT2D eigenvalue weighted by molar-refractivity contribution is 5.30. The van der Waals surface area contributed by atoms with Gasteiger partial charge in [0.05, 0.1) is 6.61 Å². The number of hydrogen-bond acceptors (Lipinski definition) is 4. The van der Waals surface area contributed by atoms with Crippen molar-refractivity contribution in [1.29, 1.82) is 0 Å². The molecule has 4 nitrogen and oxygen atoms in total. The van der Waals surface area contributed by atoms with E-state index < -0.39 is 0 Å². The van der Waals surface area contributed by atoms with E-state index in [9.17, 15) is 0 Å². The van der Waals surface area contributed by atoms with Gasteiger partial charge in [-0.2, -0.15) is 0 Å². The first-order chi connectivity index (χ1) is 7.17. The fraction of sp³-hybridized carbons (Fsp3) is 0.636. The zero-order chi connectivity index (χ0) is 11.3. The first kappa shape index (κ1) is 11.9. The minimum atomic E-state index is 0.189. The van der Waals surface area contributed by atoms with Gasteiger partial charge in [0.1, 0.15) is 11.6 Å². The fourth-order valence-corrected chi connectivity index (χ4v) is 1.47. The van der Waals surface area contributed by atoms with Gasteiger partial charge in [-0.3, -0.25) is 0 Å². The van der Waals surface area contributed by atoms with Crippen LogP contribution in [-0.2, 0) is 11.2 Å². The Bertz CT molecular complexity index is 315. The minimum absolute atomic E-state index is 0.189. The summed E-state index contributed by atoms with van der Waals surface area (Å²) < 4.78 is 5.08. The molecule has 0 aromatic carbocycles. The summed E-state index contributed by atoms with van der Waals surface area (Å²) in [6.07, 6.45) is 2.01. The van der Waals surface area contributed by atoms with E-state index in [-0.39, 0.29) is 5.92 Å². The maximum absolute atomic E-state index is 5.73. The van der Waals surface area contributed by atoms with Gasteiger partial charge in [-0.15, -0.1) is 0 Å². The van der Waals surface area contributed by atoms with Crippen molar-refractivity contribution in [2.45, 2.75) is 32.6 Å². The van der Waals surface area contributed by atoms with Crippen molar-refractivity contribution in [2.24, 2.45) is 0 Å². The second-order valence-electron chi connectivity index (χ2n) is 3.75. The number of aryl methyl sites for hydroxylation is 1. The molecule has 0 aliphatic carbocycles. The number of nitrogen functional groups attached to an aromatic ring is 1. The Kier molecular flexibility index (Phi) is 4.49. The lowest BCUT2D eigenvalue weighted by atomic mass is 10.1. The van der Waals surface area contributed by atoms with E-state index in [1.165, 1.54) is 0 Å². The first-order valence-electron chi connectivity index (χ1n) is 5.29. The molecule has 1 rings (SSSR count). The molecule has 1 aromatic rings. The molecule has 1 heterocycles. The van der Waals surface area contributed by atoms with Crippen LogP contribution >= 0.6 is 0 Å². The SMILES string of the molecule is CCCc1cc(N)nc(C(C)COC)n1. The number of ether oxygens (including phenoxy) is 1. The highest BCUT2D eigenvalue weighted by Gasteiger charge is 2.10. The average Bonchev–Trinajstić information content (AvgIpc) is 2.17. The molecule has 1 aromatic heterocycles. The third kappa shape index (κ3) is 3.47. The van der Waals surface area contributed by atoms with Crippen molar-refractivity contribution in [2.75, 3.05) is 19.5 Å². The lowest BCUT2D eigenvalue weighted by molar-refractivity contribution is 0.181. The van der Waals surface area contributed by atoms with Crippen LogP contribution in [0.2, 0.25) is 0 Å². The molecule has 0 radical (unpaired) electrons. The molecule has 1 atom stereocenters. The van der Waals surface area contributed by atoms with Crippen LogP contribution in [0.4, 0.5) is 5.82 Å². The summed E-state index contributed by atoms with van der Waals surface area (Å²) in [7, 11) is 1.68. The lowest BCUT2D eigenvalue weighted by Crippen LogP contribution is -2.10. The van der Waals surface area contributed by atoms with E-state index in [1.807, 2.05) is 13.0 Å². The van der Waals surface area contributed by atoms with Gasteiger partial charge in [0.25, 0.3) is 0 Å². The zero-order valence-corrected chi connectivity index (χ0v) is 9.66. The Hall–Kier alpha value is -1.16. The third-order valence-electron chi connectivity index (χ3n) is 2.18. The Balaban J connectivity index is 2.87. The van der Waals surface area contributed by atoms with Gasteiger partial charge in [0.2, 0.25) is 0 Å². The number of rotatable bonds is 5. The molecule has 84 valence electrons. The minimum Gasteiger partial charge on any atom is -0.384 e. The molecular weight excluding hydrogens is 190 g/mol. The highest BCUT2D eigenvalue weighted by atomic mass is 16.5. The molecule has 0 amide bonds. The van der Waals surface area contributed by atoms with Crippen molar-refractivity contribution in [3.8, 4) is 0 Å². The Morgan fingerprint density at radius 1 is 1.47 bits per heavy atom. The summed E-state index contributed by atoms with van der Waals surface area (Å²) in [6.45, 7) is 4.78. The number of nitrogens with zero attached hydrogens (tertiary/aromatic N) is 2. The van der Waals surface area contributed by atoms with E-state index in [4.69, 9.17) is 10.5 Å². The van der Waals surface area contributed by atoms with Crippen LogP contribution in [-0.4, -0.2) is 23.7 Å². The molecule has 0 aliphatic rings. The largest absolute Gasteiger partial charge is 0.384 e. The molecule has 0 bridgehead atoms. The molecule has 0 fully saturated rings. The normalized spacial score (nSPS) is 12.7. The number of anilines is 1. The topological polar surface area (TPSA) is 61.0 Å². The number of hydrogen-bond donors (Lipinski definition) is 1. The Morgan fingerprint density at radius 2 is 2.20 bits per heavy atom. The van der Waals surface area contributed by atoms with Gasteiger partial charge in [0, 0.05) is 24.8 Å². The maximum Gasteiger partial charge on any atom is 0.136 e. The predicted octanol–water partition coefficient (Wildman–Crippen LogP) is 1.76.